The topological polar surface area (TPSA) is 107 Å². The van der Waals surface area contributed by atoms with E-state index in [0.717, 1.165) is 0 Å². The summed E-state index contributed by atoms with van der Waals surface area (Å²) in [5, 5.41) is 3.41. The first-order valence-electron chi connectivity index (χ1n) is 7.36. The number of primary amides is 1. The lowest BCUT2D eigenvalue weighted by molar-refractivity contribution is -0.116. The number of aromatic nitrogens is 2. The molecule has 0 saturated carbocycles. The summed E-state index contributed by atoms with van der Waals surface area (Å²) < 4.78 is 1.59. The first-order valence-corrected chi connectivity index (χ1v) is 8.35. The number of thioether (sulfide) groups is 1. The summed E-state index contributed by atoms with van der Waals surface area (Å²) in [6.07, 6.45) is 1.74. The van der Waals surface area contributed by atoms with E-state index in [1.54, 1.807) is 42.0 Å². The molecule has 0 saturated heterocycles. The van der Waals surface area contributed by atoms with Gasteiger partial charge in [-0.2, -0.15) is 0 Å². The molecule has 1 aromatic carbocycles. The predicted molar refractivity (Wildman–Crippen MR) is 91.2 cm³/mol. The van der Waals surface area contributed by atoms with Gasteiger partial charge in [-0.1, -0.05) is 11.8 Å². The predicted octanol–water partition coefficient (Wildman–Crippen LogP) is 1.33. The molecule has 0 spiro atoms. The Morgan fingerprint density at radius 3 is 2.75 bits per heavy atom. The second kappa shape index (κ2) is 6.48. The summed E-state index contributed by atoms with van der Waals surface area (Å²) >= 11 is 1.47. The van der Waals surface area contributed by atoms with Crippen LogP contribution in [0.1, 0.15) is 28.4 Å². The summed E-state index contributed by atoms with van der Waals surface area (Å²) in [6.45, 7) is 1.71. The number of aryl methyl sites for hydroxylation is 1. The van der Waals surface area contributed by atoms with Gasteiger partial charge in [-0.05, 0) is 31.2 Å². The highest BCUT2D eigenvalue weighted by molar-refractivity contribution is 7.99. The van der Waals surface area contributed by atoms with Crippen LogP contribution < -0.4 is 16.6 Å². The molecule has 1 atom stereocenters. The van der Waals surface area contributed by atoms with Crippen LogP contribution in [0.5, 0.6) is 0 Å². The molecule has 1 aliphatic rings. The Kier molecular flexibility index (Phi) is 4.39. The number of carbonyl (C=O) groups is 2. The molecule has 8 heteroatoms. The van der Waals surface area contributed by atoms with Crippen LogP contribution in [0.4, 0.5) is 5.69 Å². The van der Waals surface area contributed by atoms with Gasteiger partial charge in [-0.25, -0.2) is 4.98 Å². The van der Waals surface area contributed by atoms with Gasteiger partial charge in [0.1, 0.15) is 0 Å². The highest BCUT2D eigenvalue weighted by atomic mass is 32.2. The van der Waals surface area contributed by atoms with Gasteiger partial charge in [0.2, 0.25) is 11.8 Å². The number of carbonyl (C=O) groups excluding carboxylic acids is 2. The molecule has 0 bridgehead atoms. The third-order valence-corrected chi connectivity index (χ3v) is 4.89. The Morgan fingerprint density at radius 2 is 2.08 bits per heavy atom. The number of hydrogen-bond donors (Lipinski definition) is 2. The summed E-state index contributed by atoms with van der Waals surface area (Å²) in [6, 6.07) is 6.13. The van der Waals surface area contributed by atoms with E-state index in [4.69, 9.17) is 5.73 Å². The molecular formula is C16H16N4O3S. The molecule has 1 aliphatic heterocycles. The second-order valence-corrected chi connectivity index (χ2v) is 6.54. The number of fused-ring (bicyclic) bond motifs is 1. The van der Waals surface area contributed by atoms with Crippen LogP contribution in [0.25, 0.3) is 0 Å². The molecule has 124 valence electrons. The molecule has 3 N–H and O–H groups in total. The van der Waals surface area contributed by atoms with Crippen molar-refractivity contribution in [1.29, 1.82) is 0 Å². The average Bonchev–Trinajstić information content (AvgIpc) is 2.95. The molecule has 3 rings (SSSR count). The molecule has 2 aromatic rings. The lowest BCUT2D eigenvalue weighted by Gasteiger charge is -2.13. The number of benzene rings is 1. The third-order valence-electron chi connectivity index (χ3n) is 3.78. The van der Waals surface area contributed by atoms with Gasteiger partial charge in [-0.3, -0.25) is 19.0 Å². The number of nitrogens with two attached hydrogens (primary N) is 1. The van der Waals surface area contributed by atoms with Crippen molar-refractivity contribution in [2.45, 2.75) is 24.5 Å². The van der Waals surface area contributed by atoms with Gasteiger partial charge in [0.25, 0.3) is 5.56 Å². The molecule has 1 unspecified atom stereocenters. The zero-order valence-corrected chi connectivity index (χ0v) is 13.8. The fourth-order valence-corrected chi connectivity index (χ4v) is 3.62. The molecule has 0 aliphatic carbocycles. The van der Waals surface area contributed by atoms with Crippen LogP contribution in [0.3, 0.4) is 0 Å². The lowest BCUT2D eigenvalue weighted by atomic mass is 10.2. The molecule has 0 radical (unpaired) electrons. The zero-order chi connectivity index (χ0) is 17.3. The Hall–Kier alpha value is -2.61. The Balaban J connectivity index is 1.70. The van der Waals surface area contributed by atoms with Crippen LogP contribution in [-0.4, -0.2) is 27.1 Å². The number of anilines is 1. The van der Waals surface area contributed by atoms with E-state index >= 15 is 0 Å². The van der Waals surface area contributed by atoms with Crippen LogP contribution in [0, 0.1) is 6.92 Å². The fourth-order valence-electron chi connectivity index (χ4n) is 2.51. The maximum absolute atomic E-state index is 12.2. The highest BCUT2D eigenvalue weighted by Crippen LogP contribution is 2.32. The maximum atomic E-state index is 12.2. The smallest absolute Gasteiger partial charge is 0.257 e. The normalized spacial score (nSPS) is 15.8. The molecule has 2 amide bonds. The van der Waals surface area contributed by atoms with E-state index in [1.165, 1.54) is 11.8 Å². The average molecular weight is 344 g/mol. The van der Waals surface area contributed by atoms with Crippen molar-refractivity contribution in [2.24, 2.45) is 5.73 Å². The largest absolute Gasteiger partial charge is 0.366 e. The number of rotatable bonds is 4. The molecule has 24 heavy (non-hydrogen) atoms. The van der Waals surface area contributed by atoms with Gasteiger partial charge in [0, 0.05) is 35.2 Å². The van der Waals surface area contributed by atoms with Crippen molar-refractivity contribution in [1.82, 2.24) is 9.55 Å². The zero-order valence-electron chi connectivity index (χ0n) is 13.0. The Labute approximate surface area is 142 Å². The number of hydrogen-bond acceptors (Lipinski definition) is 5. The number of nitrogens with one attached hydrogen (secondary N) is 1. The van der Waals surface area contributed by atoms with E-state index in [9.17, 15) is 14.4 Å². The minimum absolute atomic E-state index is 0.103. The van der Waals surface area contributed by atoms with Crippen molar-refractivity contribution in [3.05, 3.63) is 51.9 Å². The van der Waals surface area contributed by atoms with Gasteiger partial charge < -0.3 is 11.1 Å². The summed E-state index contributed by atoms with van der Waals surface area (Å²) in [5.41, 5.74) is 6.59. The fraction of sp³-hybridized carbons (Fsp3) is 0.250. The second-order valence-electron chi connectivity index (χ2n) is 5.56. The minimum atomic E-state index is -0.519. The monoisotopic (exact) mass is 344 g/mol. The van der Waals surface area contributed by atoms with Crippen LogP contribution in [-0.2, 0) is 4.79 Å². The van der Waals surface area contributed by atoms with Crippen LogP contribution in [0.15, 0.2) is 40.4 Å². The van der Waals surface area contributed by atoms with Crippen LogP contribution >= 0.6 is 11.8 Å². The van der Waals surface area contributed by atoms with Crippen molar-refractivity contribution >= 4 is 29.3 Å². The lowest BCUT2D eigenvalue weighted by Crippen LogP contribution is -2.28. The van der Waals surface area contributed by atoms with E-state index in [1.807, 2.05) is 0 Å². The Bertz CT molecular complexity index is 861. The van der Waals surface area contributed by atoms with E-state index in [2.05, 4.69) is 10.3 Å². The van der Waals surface area contributed by atoms with Crippen molar-refractivity contribution < 1.29 is 9.59 Å². The summed E-state index contributed by atoms with van der Waals surface area (Å²) in [5.74, 6) is -0.0805. The van der Waals surface area contributed by atoms with Gasteiger partial charge in [0.15, 0.2) is 5.16 Å². The molecule has 0 fully saturated rings. The Morgan fingerprint density at radius 1 is 1.38 bits per heavy atom. The molecule has 2 heterocycles. The molecule has 1 aromatic heterocycles. The number of nitrogens with zero attached hydrogens (tertiary/aromatic N) is 2. The molecular weight excluding hydrogens is 328 g/mol. The van der Waals surface area contributed by atoms with E-state index in [0.29, 0.717) is 27.7 Å². The summed E-state index contributed by atoms with van der Waals surface area (Å²) in [4.78, 5) is 39.8. The van der Waals surface area contributed by atoms with Crippen molar-refractivity contribution in [3.63, 3.8) is 0 Å². The minimum Gasteiger partial charge on any atom is -0.366 e. The van der Waals surface area contributed by atoms with E-state index < -0.39 is 5.91 Å². The SMILES string of the molecule is Cc1cnc2n(c1=O)C(CC(=O)Nc1ccc(C(N)=O)cc1)CS2. The highest BCUT2D eigenvalue weighted by Gasteiger charge is 2.27. The van der Waals surface area contributed by atoms with Gasteiger partial charge in [-0.15, -0.1) is 0 Å². The third kappa shape index (κ3) is 3.18. The first-order chi connectivity index (χ1) is 11.5. The standard InChI is InChI=1S/C16H16N4O3S/c1-9-7-18-16-20(15(9)23)12(8-24-16)6-13(21)19-11-4-2-10(3-5-11)14(17)22/h2-5,7,12H,6,8H2,1H3,(H2,17,22)(H,19,21). The number of amides is 2. The van der Waals surface area contributed by atoms with E-state index in [-0.39, 0.29) is 23.9 Å². The van der Waals surface area contributed by atoms with Crippen molar-refractivity contribution in [3.8, 4) is 0 Å². The van der Waals surface area contributed by atoms with Crippen molar-refractivity contribution in [2.75, 3.05) is 11.1 Å². The maximum Gasteiger partial charge on any atom is 0.257 e. The van der Waals surface area contributed by atoms with Gasteiger partial charge >= 0.3 is 0 Å². The van der Waals surface area contributed by atoms with Crippen LogP contribution in [0.2, 0.25) is 0 Å². The summed E-state index contributed by atoms with van der Waals surface area (Å²) in [7, 11) is 0. The first kappa shape index (κ1) is 16.3. The van der Waals surface area contributed by atoms with Gasteiger partial charge in [0.05, 0.1) is 6.04 Å². The molecule has 7 nitrogen and oxygen atoms in total. The quantitative estimate of drug-likeness (QED) is 0.814.